The highest BCUT2D eigenvalue weighted by molar-refractivity contribution is 7.19. The fourth-order valence-corrected chi connectivity index (χ4v) is 4.17. The number of anilines is 1. The third kappa shape index (κ3) is 2.89. The molecule has 3 aromatic rings. The van der Waals surface area contributed by atoms with Gasteiger partial charge in [0.2, 0.25) is 0 Å². The van der Waals surface area contributed by atoms with Gasteiger partial charge in [-0.05, 0) is 37.5 Å². The van der Waals surface area contributed by atoms with E-state index in [0.717, 1.165) is 47.8 Å². The van der Waals surface area contributed by atoms with Gasteiger partial charge in [-0.15, -0.1) is 11.3 Å². The Morgan fingerprint density at radius 1 is 1.24 bits per heavy atom. The summed E-state index contributed by atoms with van der Waals surface area (Å²) in [5.74, 6) is 0.839. The van der Waals surface area contributed by atoms with Crippen LogP contribution >= 0.6 is 22.9 Å². The Bertz CT molecular complexity index is 950. The highest BCUT2D eigenvalue weighted by Crippen LogP contribution is 2.39. The van der Waals surface area contributed by atoms with Gasteiger partial charge in [0.1, 0.15) is 17.2 Å². The number of aromatic nitrogens is 2. The van der Waals surface area contributed by atoms with E-state index in [1.54, 1.807) is 22.9 Å². The average Bonchev–Trinajstić information content (AvgIpc) is 3.10. The number of hydrogen-bond donors (Lipinski definition) is 1. The Labute approximate surface area is 153 Å². The Morgan fingerprint density at radius 2 is 2.08 bits per heavy atom. The second-order valence-corrected chi connectivity index (χ2v) is 7.54. The first-order valence-corrected chi connectivity index (χ1v) is 9.20. The van der Waals surface area contributed by atoms with Crippen molar-refractivity contribution in [1.82, 2.24) is 9.78 Å². The van der Waals surface area contributed by atoms with E-state index in [0.29, 0.717) is 10.0 Å². The molecule has 0 saturated heterocycles. The predicted molar refractivity (Wildman–Crippen MR) is 100.0 cm³/mol. The molecule has 6 nitrogen and oxygen atoms in total. The van der Waals surface area contributed by atoms with Crippen molar-refractivity contribution in [3.63, 3.8) is 0 Å². The molecule has 2 aromatic heterocycles. The van der Waals surface area contributed by atoms with E-state index in [4.69, 9.17) is 16.7 Å². The summed E-state index contributed by atoms with van der Waals surface area (Å²) >= 11 is 7.56. The van der Waals surface area contributed by atoms with E-state index < -0.39 is 0 Å². The molecule has 0 amide bonds. The number of nitro benzene ring substituents is 1. The van der Waals surface area contributed by atoms with Crippen molar-refractivity contribution in [2.24, 2.45) is 0 Å². The SMILES string of the molecule is O=[N+]([O-])c1ccccc1-n1nc(-c2ccc(Cl)s2)c2c1NCCCC2. The van der Waals surface area contributed by atoms with Gasteiger partial charge in [0.05, 0.1) is 14.1 Å². The molecule has 0 atom stereocenters. The van der Waals surface area contributed by atoms with Crippen LogP contribution in [-0.2, 0) is 6.42 Å². The van der Waals surface area contributed by atoms with Crippen molar-refractivity contribution in [2.75, 3.05) is 11.9 Å². The molecule has 1 aromatic carbocycles. The minimum Gasteiger partial charge on any atom is -0.370 e. The maximum Gasteiger partial charge on any atom is 0.294 e. The number of halogens is 1. The van der Waals surface area contributed by atoms with Crippen LogP contribution < -0.4 is 5.32 Å². The van der Waals surface area contributed by atoms with Crippen molar-refractivity contribution in [2.45, 2.75) is 19.3 Å². The molecule has 1 N–H and O–H groups in total. The smallest absolute Gasteiger partial charge is 0.294 e. The van der Waals surface area contributed by atoms with Gasteiger partial charge in [0, 0.05) is 18.2 Å². The number of hydrogen-bond acceptors (Lipinski definition) is 5. The summed E-state index contributed by atoms with van der Waals surface area (Å²) in [7, 11) is 0. The fourth-order valence-electron chi connectivity index (χ4n) is 3.11. The van der Waals surface area contributed by atoms with E-state index in [-0.39, 0.29) is 10.6 Å². The Balaban J connectivity index is 1.95. The zero-order valence-corrected chi connectivity index (χ0v) is 14.8. The molecule has 1 aliphatic heterocycles. The van der Waals surface area contributed by atoms with Crippen LogP contribution in [0.25, 0.3) is 16.3 Å². The summed E-state index contributed by atoms with van der Waals surface area (Å²) in [5, 5.41) is 19.6. The molecule has 0 radical (unpaired) electrons. The normalized spacial score (nSPS) is 13.8. The molecule has 4 rings (SSSR count). The molecular formula is C17H15ClN4O2S. The first-order chi connectivity index (χ1) is 12.1. The topological polar surface area (TPSA) is 73.0 Å². The summed E-state index contributed by atoms with van der Waals surface area (Å²) in [6, 6.07) is 10.5. The zero-order chi connectivity index (χ0) is 17.4. The number of fused-ring (bicyclic) bond motifs is 1. The minimum absolute atomic E-state index is 0.0367. The van der Waals surface area contributed by atoms with Crippen LogP contribution in [0.5, 0.6) is 0 Å². The molecule has 8 heteroatoms. The van der Waals surface area contributed by atoms with E-state index in [2.05, 4.69) is 5.32 Å². The van der Waals surface area contributed by atoms with Gasteiger partial charge in [-0.25, -0.2) is 4.68 Å². The molecule has 0 unspecified atom stereocenters. The van der Waals surface area contributed by atoms with Gasteiger partial charge in [-0.1, -0.05) is 23.7 Å². The van der Waals surface area contributed by atoms with Crippen LogP contribution in [-0.4, -0.2) is 21.2 Å². The standard InChI is InChI=1S/C17H15ClN4O2S/c18-15-9-8-14(25-15)16-11-5-3-4-10-19-17(11)21(20-16)12-6-1-2-7-13(12)22(23)24/h1-2,6-9,19H,3-5,10H2. The lowest BCUT2D eigenvalue weighted by Gasteiger charge is -2.09. The maximum atomic E-state index is 11.4. The van der Waals surface area contributed by atoms with Crippen molar-refractivity contribution in [1.29, 1.82) is 0 Å². The third-order valence-electron chi connectivity index (χ3n) is 4.24. The molecule has 0 aliphatic carbocycles. The average molecular weight is 375 g/mol. The lowest BCUT2D eigenvalue weighted by Crippen LogP contribution is -2.08. The molecule has 3 heterocycles. The Kier molecular flexibility index (Phi) is 4.19. The minimum atomic E-state index is -0.373. The van der Waals surface area contributed by atoms with Crippen LogP contribution in [0.1, 0.15) is 18.4 Å². The first kappa shape index (κ1) is 16.1. The van der Waals surface area contributed by atoms with Gasteiger partial charge in [-0.3, -0.25) is 10.1 Å². The summed E-state index contributed by atoms with van der Waals surface area (Å²) in [4.78, 5) is 12.0. The van der Waals surface area contributed by atoms with E-state index >= 15 is 0 Å². The molecular weight excluding hydrogens is 360 g/mol. The molecule has 0 saturated carbocycles. The Morgan fingerprint density at radius 3 is 2.84 bits per heavy atom. The summed E-state index contributed by atoms with van der Waals surface area (Å²) in [5.41, 5.74) is 2.44. The molecule has 1 aliphatic rings. The lowest BCUT2D eigenvalue weighted by molar-refractivity contribution is -0.384. The van der Waals surface area contributed by atoms with Crippen LogP contribution in [0.15, 0.2) is 36.4 Å². The highest BCUT2D eigenvalue weighted by atomic mass is 35.5. The van der Waals surface area contributed by atoms with Crippen LogP contribution in [0.3, 0.4) is 0 Å². The molecule has 0 fully saturated rings. The van der Waals surface area contributed by atoms with Crippen LogP contribution in [0.4, 0.5) is 11.5 Å². The highest BCUT2D eigenvalue weighted by Gasteiger charge is 2.25. The fraction of sp³-hybridized carbons (Fsp3) is 0.235. The van der Waals surface area contributed by atoms with E-state index in [9.17, 15) is 10.1 Å². The largest absolute Gasteiger partial charge is 0.370 e. The lowest BCUT2D eigenvalue weighted by atomic mass is 10.1. The predicted octanol–water partition coefficient (Wildman–Crippen LogP) is 4.91. The molecule has 25 heavy (non-hydrogen) atoms. The van der Waals surface area contributed by atoms with Gasteiger partial charge in [-0.2, -0.15) is 5.10 Å². The quantitative estimate of drug-likeness (QED) is 0.522. The van der Waals surface area contributed by atoms with Gasteiger partial charge in [0.25, 0.3) is 5.69 Å². The summed E-state index contributed by atoms with van der Waals surface area (Å²) < 4.78 is 2.37. The third-order valence-corrected chi connectivity index (χ3v) is 5.48. The molecule has 128 valence electrons. The maximum absolute atomic E-state index is 11.4. The summed E-state index contributed by atoms with van der Waals surface area (Å²) in [6.45, 7) is 0.823. The summed E-state index contributed by atoms with van der Waals surface area (Å²) in [6.07, 6.45) is 2.98. The zero-order valence-electron chi connectivity index (χ0n) is 13.2. The number of nitrogens with one attached hydrogen (secondary N) is 1. The van der Waals surface area contributed by atoms with E-state index in [1.807, 2.05) is 12.1 Å². The van der Waals surface area contributed by atoms with E-state index in [1.165, 1.54) is 17.4 Å². The van der Waals surface area contributed by atoms with Crippen molar-refractivity contribution < 1.29 is 4.92 Å². The number of nitro groups is 1. The number of nitrogens with zero attached hydrogens (tertiary/aromatic N) is 3. The number of benzene rings is 1. The Hall–Kier alpha value is -2.38. The molecule has 0 bridgehead atoms. The van der Waals surface area contributed by atoms with Gasteiger partial charge < -0.3 is 5.32 Å². The monoisotopic (exact) mass is 374 g/mol. The second kappa shape index (κ2) is 6.50. The number of thiophene rings is 1. The van der Waals surface area contributed by atoms with Crippen molar-refractivity contribution in [3.05, 3.63) is 56.4 Å². The number of rotatable bonds is 3. The van der Waals surface area contributed by atoms with Gasteiger partial charge >= 0.3 is 0 Å². The van der Waals surface area contributed by atoms with Crippen molar-refractivity contribution >= 4 is 34.4 Å². The van der Waals surface area contributed by atoms with Crippen molar-refractivity contribution in [3.8, 4) is 16.3 Å². The van der Waals surface area contributed by atoms with Gasteiger partial charge in [0.15, 0.2) is 0 Å². The second-order valence-electron chi connectivity index (χ2n) is 5.82. The number of para-hydroxylation sites is 2. The van der Waals surface area contributed by atoms with Crippen LogP contribution in [0, 0.1) is 10.1 Å². The van der Waals surface area contributed by atoms with Crippen LogP contribution in [0.2, 0.25) is 4.34 Å². The first-order valence-electron chi connectivity index (χ1n) is 8.00. The molecule has 0 spiro atoms.